The maximum absolute atomic E-state index is 11.5. The summed E-state index contributed by atoms with van der Waals surface area (Å²) in [5.41, 5.74) is 8.50. The molecule has 0 amide bonds. The van der Waals surface area contributed by atoms with Crippen molar-refractivity contribution in [2.45, 2.75) is 18.9 Å². The highest BCUT2D eigenvalue weighted by Gasteiger charge is 2.21. The fraction of sp³-hybridized carbons (Fsp3) is 0.211. The summed E-state index contributed by atoms with van der Waals surface area (Å²) in [5.74, 6) is -1.84. The van der Waals surface area contributed by atoms with E-state index in [4.69, 9.17) is 27.9 Å². The number of carboxylic acid groups (broad SMARTS) is 1. The normalized spacial score (nSPS) is 14.4. The van der Waals surface area contributed by atoms with Crippen molar-refractivity contribution in [3.63, 3.8) is 0 Å². The van der Waals surface area contributed by atoms with Gasteiger partial charge >= 0.3 is 11.9 Å². The van der Waals surface area contributed by atoms with E-state index in [1.54, 1.807) is 0 Å². The van der Waals surface area contributed by atoms with Crippen molar-refractivity contribution in [1.29, 1.82) is 5.26 Å². The van der Waals surface area contributed by atoms with Gasteiger partial charge in [0.2, 0.25) is 0 Å². The SMILES string of the molecule is COC(=O)c1cc(C(=O)O)nc2cc(N)nn12.N#Cc1ccc2c(c1)CC[C@@H]2NCl. The third kappa shape index (κ3) is 4.17. The van der Waals surface area contributed by atoms with Crippen molar-refractivity contribution >= 4 is 35.2 Å². The summed E-state index contributed by atoms with van der Waals surface area (Å²) < 4.78 is 5.66. The Bertz CT molecular complexity index is 1170. The van der Waals surface area contributed by atoms with Crippen LogP contribution in [-0.4, -0.2) is 38.8 Å². The van der Waals surface area contributed by atoms with Crippen molar-refractivity contribution in [3.8, 4) is 6.07 Å². The first-order valence-electron chi connectivity index (χ1n) is 8.75. The van der Waals surface area contributed by atoms with Gasteiger partial charge in [-0.3, -0.25) is 0 Å². The molecule has 0 spiro atoms. The van der Waals surface area contributed by atoms with E-state index < -0.39 is 11.9 Å². The Labute approximate surface area is 175 Å². The molecular formula is C19H17ClN6O4. The van der Waals surface area contributed by atoms with E-state index in [1.165, 1.54) is 24.3 Å². The van der Waals surface area contributed by atoms with Crippen LogP contribution in [0.4, 0.5) is 5.82 Å². The van der Waals surface area contributed by atoms with Crippen LogP contribution in [-0.2, 0) is 11.2 Å². The number of carboxylic acids is 1. The number of nitrogens with two attached hydrogens (primary N) is 1. The molecule has 4 rings (SSSR count). The molecule has 1 aliphatic rings. The number of hydrogen-bond acceptors (Lipinski definition) is 8. The minimum atomic E-state index is -1.25. The molecule has 0 fully saturated rings. The number of methoxy groups -OCH3 is 1. The number of carbonyl (C=O) groups is 2. The molecule has 2 aromatic heterocycles. The first kappa shape index (κ1) is 21.0. The van der Waals surface area contributed by atoms with Gasteiger partial charge in [-0.15, -0.1) is 5.10 Å². The van der Waals surface area contributed by atoms with E-state index in [1.807, 2.05) is 18.2 Å². The first-order chi connectivity index (χ1) is 14.4. The number of aryl methyl sites for hydroxylation is 1. The lowest BCUT2D eigenvalue weighted by Crippen LogP contribution is -2.13. The molecular weight excluding hydrogens is 412 g/mol. The van der Waals surface area contributed by atoms with Gasteiger partial charge < -0.3 is 15.6 Å². The number of halogens is 1. The van der Waals surface area contributed by atoms with Crippen LogP contribution in [0.3, 0.4) is 0 Å². The zero-order chi connectivity index (χ0) is 21.8. The molecule has 1 atom stereocenters. The van der Waals surface area contributed by atoms with Gasteiger partial charge in [0.05, 0.1) is 18.7 Å². The lowest BCUT2D eigenvalue weighted by atomic mass is 10.1. The summed E-state index contributed by atoms with van der Waals surface area (Å²) >= 11 is 5.59. The smallest absolute Gasteiger partial charge is 0.356 e. The zero-order valence-electron chi connectivity index (χ0n) is 15.8. The second-order valence-corrected chi connectivity index (χ2v) is 6.61. The number of rotatable bonds is 3. The van der Waals surface area contributed by atoms with Gasteiger partial charge in [0.15, 0.2) is 17.0 Å². The molecule has 0 saturated carbocycles. The molecule has 3 aromatic rings. The van der Waals surface area contributed by atoms with E-state index in [9.17, 15) is 9.59 Å². The summed E-state index contributed by atoms with van der Waals surface area (Å²) in [7, 11) is 1.18. The lowest BCUT2D eigenvalue weighted by Gasteiger charge is -2.07. The average molecular weight is 429 g/mol. The van der Waals surface area contributed by atoms with E-state index in [2.05, 4.69) is 25.7 Å². The number of ether oxygens (including phenoxy) is 1. The molecule has 1 aromatic carbocycles. The molecule has 2 heterocycles. The standard InChI is InChI=1S/C10H9ClN2.C9H8N4O4/c11-13-10-4-2-8-5-7(6-12)1-3-9(8)10;1-17-9(16)5-2-4(8(14)15)11-7-3-6(10)12-13(5)7/h1,3,5,10,13H,2,4H2;2-3H,1H3,(H2,10,12)(H,14,15)/t10-;/m0./s1. The van der Waals surface area contributed by atoms with E-state index >= 15 is 0 Å². The number of aromatic carboxylic acids is 1. The number of benzene rings is 1. The average Bonchev–Trinajstić information content (AvgIpc) is 3.34. The highest BCUT2D eigenvalue weighted by molar-refractivity contribution is 6.13. The van der Waals surface area contributed by atoms with Crippen molar-refractivity contribution in [1.82, 2.24) is 19.4 Å². The maximum Gasteiger partial charge on any atom is 0.356 e. The lowest BCUT2D eigenvalue weighted by molar-refractivity contribution is 0.0590. The Morgan fingerprint density at radius 1 is 1.40 bits per heavy atom. The van der Waals surface area contributed by atoms with E-state index in [-0.39, 0.29) is 28.9 Å². The second kappa shape index (κ2) is 8.77. The number of fused-ring (bicyclic) bond motifs is 2. The molecule has 0 unspecified atom stereocenters. The highest BCUT2D eigenvalue weighted by atomic mass is 35.5. The molecule has 1 aliphatic carbocycles. The van der Waals surface area contributed by atoms with Gasteiger partial charge in [-0.2, -0.15) is 5.26 Å². The van der Waals surface area contributed by atoms with Crippen LogP contribution in [0.25, 0.3) is 5.65 Å². The van der Waals surface area contributed by atoms with Gasteiger partial charge in [0.25, 0.3) is 0 Å². The summed E-state index contributed by atoms with van der Waals surface area (Å²) in [6.45, 7) is 0. The minimum Gasteiger partial charge on any atom is -0.477 e. The molecule has 10 nitrogen and oxygen atoms in total. The number of hydrogen-bond donors (Lipinski definition) is 3. The summed E-state index contributed by atoms with van der Waals surface area (Å²) in [5, 5.41) is 21.4. The third-order valence-electron chi connectivity index (χ3n) is 4.54. The number of nitriles is 1. The van der Waals surface area contributed by atoms with E-state index in [0.717, 1.165) is 29.0 Å². The fourth-order valence-corrected chi connectivity index (χ4v) is 3.38. The molecule has 0 radical (unpaired) electrons. The van der Waals surface area contributed by atoms with Crippen molar-refractivity contribution in [2.24, 2.45) is 0 Å². The number of nitrogen functional groups attached to an aromatic ring is 1. The number of nitrogens with one attached hydrogen (secondary N) is 1. The topological polar surface area (TPSA) is 156 Å². The van der Waals surface area contributed by atoms with Crippen molar-refractivity contribution < 1.29 is 19.4 Å². The van der Waals surface area contributed by atoms with Crippen LogP contribution in [0.2, 0.25) is 0 Å². The first-order valence-corrected chi connectivity index (χ1v) is 9.12. The van der Waals surface area contributed by atoms with E-state index in [0.29, 0.717) is 0 Å². The van der Waals surface area contributed by atoms with Gasteiger partial charge in [-0.1, -0.05) is 6.07 Å². The largest absolute Gasteiger partial charge is 0.477 e. The number of carbonyl (C=O) groups excluding carboxylic acids is 1. The monoisotopic (exact) mass is 428 g/mol. The highest BCUT2D eigenvalue weighted by Crippen LogP contribution is 2.31. The predicted octanol–water partition coefficient (Wildman–Crippen LogP) is 2.09. The predicted molar refractivity (Wildman–Crippen MR) is 107 cm³/mol. The van der Waals surface area contributed by atoms with Crippen molar-refractivity contribution in [3.05, 3.63) is 58.4 Å². The molecule has 11 heteroatoms. The molecule has 154 valence electrons. The Kier molecular flexibility index (Phi) is 6.15. The number of nitrogens with zero attached hydrogens (tertiary/aromatic N) is 4. The van der Waals surface area contributed by atoms with Gasteiger partial charge in [-0.25, -0.2) is 23.9 Å². The molecule has 4 N–H and O–H groups in total. The maximum atomic E-state index is 11.5. The second-order valence-electron chi connectivity index (χ2n) is 6.39. The Morgan fingerprint density at radius 3 is 2.80 bits per heavy atom. The van der Waals surface area contributed by atoms with Crippen LogP contribution >= 0.6 is 11.8 Å². The fourth-order valence-electron chi connectivity index (χ4n) is 3.15. The molecule has 0 saturated heterocycles. The minimum absolute atomic E-state index is 0.0494. The van der Waals surface area contributed by atoms with Crippen LogP contribution < -0.4 is 10.6 Å². The molecule has 0 bridgehead atoms. The molecule has 0 aliphatic heterocycles. The summed E-state index contributed by atoms with van der Waals surface area (Å²) in [6, 6.07) is 10.6. The van der Waals surface area contributed by atoms with Crippen molar-refractivity contribution in [2.75, 3.05) is 12.8 Å². The summed E-state index contributed by atoms with van der Waals surface area (Å²) in [6.07, 6.45) is 2.03. The number of anilines is 1. The van der Waals surface area contributed by atoms with Gasteiger partial charge in [0, 0.05) is 18.2 Å². The Morgan fingerprint density at radius 2 is 2.17 bits per heavy atom. The number of aromatic nitrogens is 3. The van der Waals surface area contributed by atoms with Gasteiger partial charge in [-0.05, 0) is 47.9 Å². The van der Waals surface area contributed by atoms with Gasteiger partial charge in [0.1, 0.15) is 5.82 Å². The quantitative estimate of drug-likeness (QED) is 0.419. The zero-order valence-corrected chi connectivity index (χ0v) is 16.6. The van der Waals surface area contributed by atoms with Crippen LogP contribution in [0.15, 0.2) is 30.3 Å². The summed E-state index contributed by atoms with van der Waals surface area (Å²) in [4.78, 5) is 28.8. The molecule has 30 heavy (non-hydrogen) atoms. The number of esters is 1. The van der Waals surface area contributed by atoms with Crippen LogP contribution in [0.1, 0.15) is 50.1 Å². The Balaban J connectivity index is 0.000000177. The third-order valence-corrected chi connectivity index (χ3v) is 4.80. The van der Waals surface area contributed by atoms with Crippen LogP contribution in [0.5, 0.6) is 0 Å². The Hall–Kier alpha value is -3.68. The van der Waals surface area contributed by atoms with Crippen LogP contribution in [0, 0.1) is 11.3 Å².